The van der Waals surface area contributed by atoms with E-state index in [1.165, 1.54) is 0 Å². The van der Waals surface area contributed by atoms with Gasteiger partial charge in [-0.15, -0.1) is 0 Å². The van der Waals surface area contributed by atoms with E-state index in [1.807, 2.05) is 19.3 Å². The Balaban J connectivity index is 2.77. The van der Waals surface area contributed by atoms with Crippen LogP contribution in [0.3, 0.4) is 0 Å². The van der Waals surface area contributed by atoms with Gasteiger partial charge in [-0.25, -0.2) is 4.03 Å². The van der Waals surface area contributed by atoms with Crippen LogP contribution < -0.4 is 4.03 Å². The maximum atomic E-state index is 3.91. The zero-order valence-electron chi connectivity index (χ0n) is 4.45. The standard InChI is InChI=1S/C4H6BrN3/c1-7(5)8-4-2-3-6-8/h2-4H,1H3. The van der Waals surface area contributed by atoms with Gasteiger partial charge >= 0.3 is 0 Å². The zero-order valence-corrected chi connectivity index (χ0v) is 6.04. The van der Waals surface area contributed by atoms with Gasteiger partial charge in [0.1, 0.15) is 0 Å². The van der Waals surface area contributed by atoms with E-state index < -0.39 is 0 Å². The fraction of sp³-hybridized carbons (Fsp3) is 0.250. The van der Waals surface area contributed by atoms with Crippen LogP contribution in [0.1, 0.15) is 0 Å². The van der Waals surface area contributed by atoms with Gasteiger partial charge in [-0.05, 0) is 6.07 Å². The molecule has 1 aromatic heterocycles. The van der Waals surface area contributed by atoms with Gasteiger partial charge in [0.05, 0.1) is 22.3 Å². The van der Waals surface area contributed by atoms with Crippen LogP contribution in [-0.2, 0) is 0 Å². The van der Waals surface area contributed by atoms with Gasteiger partial charge in [-0.3, -0.25) is 0 Å². The molecule has 0 atom stereocenters. The maximum absolute atomic E-state index is 3.91. The highest BCUT2D eigenvalue weighted by atomic mass is 79.9. The minimum Gasteiger partial charge on any atom is -0.233 e. The monoisotopic (exact) mass is 175 g/mol. The van der Waals surface area contributed by atoms with Gasteiger partial charge in [0.25, 0.3) is 0 Å². The lowest BCUT2D eigenvalue weighted by molar-refractivity contribution is 0.725. The summed E-state index contributed by atoms with van der Waals surface area (Å²) in [5.41, 5.74) is 0. The highest BCUT2D eigenvalue weighted by Crippen LogP contribution is 1.89. The van der Waals surface area contributed by atoms with E-state index in [2.05, 4.69) is 21.2 Å². The van der Waals surface area contributed by atoms with Crippen molar-refractivity contribution in [3.63, 3.8) is 0 Å². The van der Waals surface area contributed by atoms with Crippen LogP contribution >= 0.6 is 16.1 Å². The summed E-state index contributed by atoms with van der Waals surface area (Å²) in [5, 5.41) is 3.91. The summed E-state index contributed by atoms with van der Waals surface area (Å²) < 4.78 is 1.70. The normalized spacial score (nSPS) is 9.25. The minimum atomic E-state index is 1.67. The molecule has 44 valence electrons. The van der Waals surface area contributed by atoms with Gasteiger partial charge in [0.2, 0.25) is 0 Å². The number of nitrogens with zero attached hydrogens (tertiary/aromatic N) is 3. The zero-order chi connectivity index (χ0) is 5.98. The fourth-order valence-corrected chi connectivity index (χ4v) is 0.611. The largest absolute Gasteiger partial charge is 0.233 e. The van der Waals surface area contributed by atoms with Crippen molar-refractivity contribution in [2.45, 2.75) is 0 Å². The Labute approximate surface area is 56.2 Å². The van der Waals surface area contributed by atoms with Crippen molar-refractivity contribution in [1.82, 2.24) is 9.89 Å². The Morgan fingerprint density at radius 3 is 2.75 bits per heavy atom. The van der Waals surface area contributed by atoms with E-state index in [4.69, 9.17) is 0 Å². The molecule has 0 saturated heterocycles. The minimum absolute atomic E-state index is 1.67. The third-order valence-corrected chi connectivity index (χ3v) is 1.10. The SMILES string of the molecule is CN(Br)n1cccn1. The Morgan fingerprint density at radius 2 is 2.50 bits per heavy atom. The number of aromatic nitrogens is 2. The van der Waals surface area contributed by atoms with Crippen LogP contribution in [-0.4, -0.2) is 16.9 Å². The molecule has 0 bridgehead atoms. The van der Waals surface area contributed by atoms with E-state index in [0.717, 1.165) is 0 Å². The Morgan fingerprint density at radius 1 is 1.75 bits per heavy atom. The summed E-state index contributed by atoms with van der Waals surface area (Å²) >= 11 is 3.20. The quantitative estimate of drug-likeness (QED) is 0.589. The molecule has 8 heavy (non-hydrogen) atoms. The second-order valence-electron chi connectivity index (χ2n) is 1.37. The van der Waals surface area contributed by atoms with E-state index >= 15 is 0 Å². The molecule has 0 aliphatic heterocycles. The van der Waals surface area contributed by atoms with Gasteiger partial charge in [0, 0.05) is 13.2 Å². The summed E-state index contributed by atoms with van der Waals surface area (Å²) in [6.45, 7) is 0. The highest BCUT2D eigenvalue weighted by Gasteiger charge is 1.87. The maximum Gasteiger partial charge on any atom is 0.0683 e. The first-order chi connectivity index (χ1) is 3.80. The Kier molecular flexibility index (Phi) is 1.53. The summed E-state index contributed by atoms with van der Waals surface area (Å²) in [4.78, 5) is 1.67. The smallest absolute Gasteiger partial charge is 0.0683 e. The lowest BCUT2D eigenvalue weighted by Crippen LogP contribution is -2.17. The molecule has 0 fully saturated rings. The van der Waals surface area contributed by atoms with Crippen molar-refractivity contribution in [1.29, 1.82) is 0 Å². The molecule has 0 aromatic carbocycles. The van der Waals surface area contributed by atoms with E-state index in [9.17, 15) is 0 Å². The molecule has 1 rings (SSSR count). The fourth-order valence-electron chi connectivity index (χ4n) is 0.424. The second-order valence-corrected chi connectivity index (χ2v) is 2.40. The topological polar surface area (TPSA) is 21.1 Å². The van der Waals surface area contributed by atoms with E-state index in [0.29, 0.717) is 0 Å². The molecule has 0 unspecified atom stereocenters. The van der Waals surface area contributed by atoms with Crippen molar-refractivity contribution in [3.8, 4) is 0 Å². The first kappa shape index (κ1) is 5.62. The third-order valence-electron chi connectivity index (χ3n) is 0.773. The summed E-state index contributed by atoms with van der Waals surface area (Å²) in [7, 11) is 1.85. The second kappa shape index (κ2) is 2.17. The molecule has 0 radical (unpaired) electrons. The first-order valence-corrected chi connectivity index (χ1v) is 2.91. The average molecular weight is 176 g/mol. The predicted molar refractivity (Wildman–Crippen MR) is 35.3 cm³/mol. The lowest BCUT2D eigenvalue weighted by atomic mass is 10.8. The van der Waals surface area contributed by atoms with E-state index in [-0.39, 0.29) is 0 Å². The van der Waals surface area contributed by atoms with Crippen LogP contribution in [0.25, 0.3) is 0 Å². The molecule has 0 aliphatic rings. The molecule has 3 nitrogen and oxygen atoms in total. The highest BCUT2D eigenvalue weighted by molar-refractivity contribution is 9.09. The molecule has 0 N–H and O–H groups in total. The number of rotatable bonds is 1. The number of halogens is 1. The number of hydrogen-bond donors (Lipinski definition) is 0. The van der Waals surface area contributed by atoms with Crippen molar-refractivity contribution in [3.05, 3.63) is 18.5 Å². The summed E-state index contributed by atoms with van der Waals surface area (Å²) in [6.07, 6.45) is 3.56. The molecule has 1 aromatic rings. The van der Waals surface area contributed by atoms with Crippen molar-refractivity contribution in [2.24, 2.45) is 0 Å². The van der Waals surface area contributed by atoms with Crippen LogP contribution in [0.5, 0.6) is 0 Å². The molecule has 0 aliphatic carbocycles. The predicted octanol–water partition coefficient (Wildman–Crippen LogP) is 0.761. The molecule has 0 amide bonds. The average Bonchev–Trinajstić information content (AvgIpc) is 2.12. The van der Waals surface area contributed by atoms with Crippen LogP contribution in [0.4, 0.5) is 0 Å². The van der Waals surface area contributed by atoms with Crippen molar-refractivity contribution < 1.29 is 0 Å². The summed E-state index contributed by atoms with van der Waals surface area (Å²) in [5.74, 6) is 0. The van der Waals surface area contributed by atoms with Crippen LogP contribution in [0, 0.1) is 0 Å². The summed E-state index contributed by atoms with van der Waals surface area (Å²) in [6, 6.07) is 1.86. The van der Waals surface area contributed by atoms with Gasteiger partial charge < -0.3 is 0 Å². The first-order valence-electron chi connectivity index (χ1n) is 2.20. The van der Waals surface area contributed by atoms with Crippen molar-refractivity contribution in [2.75, 3.05) is 11.1 Å². The van der Waals surface area contributed by atoms with Crippen molar-refractivity contribution >= 4 is 16.1 Å². The molecular formula is C4H6BrN3. The third kappa shape index (κ3) is 1.01. The van der Waals surface area contributed by atoms with Crippen LogP contribution in [0.15, 0.2) is 18.5 Å². The molecule has 4 heteroatoms. The van der Waals surface area contributed by atoms with Gasteiger partial charge in [0.15, 0.2) is 0 Å². The lowest BCUT2D eigenvalue weighted by Gasteiger charge is -2.06. The van der Waals surface area contributed by atoms with Gasteiger partial charge in [-0.1, -0.05) is 0 Å². The molecule has 0 saturated carbocycles. The number of hydrogen-bond acceptors (Lipinski definition) is 2. The molecular weight excluding hydrogens is 170 g/mol. The molecule has 0 spiro atoms. The van der Waals surface area contributed by atoms with Crippen LogP contribution in [0.2, 0.25) is 0 Å². The van der Waals surface area contributed by atoms with E-state index in [1.54, 1.807) is 15.0 Å². The van der Waals surface area contributed by atoms with Gasteiger partial charge in [-0.2, -0.15) is 9.89 Å². The Hall–Kier alpha value is -0.510. The molecule has 1 heterocycles. The Bertz CT molecular complexity index is 146.